The van der Waals surface area contributed by atoms with E-state index in [9.17, 15) is 0 Å². The second-order valence-electron chi connectivity index (χ2n) is 5.13. The lowest BCUT2D eigenvalue weighted by Crippen LogP contribution is -2.44. The molecule has 3 atom stereocenters. The van der Waals surface area contributed by atoms with Crippen molar-refractivity contribution in [3.8, 4) is 0 Å². The number of hydrogen-bond donors (Lipinski definition) is 3. The van der Waals surface area contributed by atoms with Gasteiger partial charge >= 0.3 is 0 Å². The molecule has 0 spiro atoms. The third-order valence-corrected chi connectivity index (χ3v) is 3.98. The van der Waals surface area contributed by atoms with Crippen LogP contribution in [0.2, 0.25) is 0 Å². The van der Waals surface area contributed by atoms with Crippen molar-refractivity contribution in [3.63, 3.8) is 0 Å². The number of hydrogen-bond acceptors (Lipinski definition) is 3. The van der Waals surface area contributed by atoms with E-state index in [0.717, 1.165) is 24.4 Å². The van der Waals surface area contributed by atoms with Gasteiger partial charge in [0.05, 0.1) is 0 Å². The summed E-state index contributed by atoms with van der Waals surface area (Å²) in [5.41, 5.74) is 14.0. The fourth-order valence-electron chi connectivity index (χ4n) is 2.61. The zero-order valence-electron chi connectivity index (χ0n) is 11.5. The molecule has 0 aromatic rings. The first-order valence-corrected chi connectivity index (χ1v) is 6.34. The molecule has 4 heteroatoms. The normalized spacial score (nSPS) is 29.8. The Bertz CT molecular complexity index is 315. The molecular weight excluding hydrogens is 212 g/mol. The number of allylic oxidation sites excluding steroid dienone is 1. The van der Waals surface area contributed by atoms with E-state index in [1.165, 1.54) is 6.42 Å². The Morgan fingerprint density at radius 1 is 1.35 bits per heavy atom. The monoisotopic (exact) mass is 238 g/mol. The van der Waals surface area contributed by atoms with Gasteiger partial charge in [-0.2, -0.15) is 0 Å². The van der Waals surface area contributed by atoms with Gasteiger partial charge in [0.2, 0.25) is 0 Å². The molecule has 1 fully saturated rings. The van der Waals surface area contributed by atoms with Gasteiger partial charge in [-0.05, 0) is 50.8 Å². The Morgan fingerprint density at radius 2 is 2.00 bits per heavy atom. The first-order valence-electron chi connectivity index (χ1n) is 6.34. The van der Waals surface area contributed by atoms with Crippen LogP contribution in [0, 0.1) is 17.8 Å². The first-order chi connectivity index (χ1) is 7.99. The second kappa shape index (κ2) is 6.05. The van der Waals surface area contributed by atoms with Gasteiger partial charge in [0.15, 0.2) is 0 Å². The fraction of sp³-hybridized carbons (Fsp3) is 0.769. The van der Waals surface area contributed by atoms with E-state index < -0.39 is 0 Å². The quantitative estimate of drug-likeness (QED) is 0.509. The van der Waals surface area contributed by atoms with Crippen molar-refractivity contribution in [3.05, 3.63) is 11.3 Å². The van der Waals surface area contributed by atoms with Gasteiger partial charge in [-0.1, -0.05) is 6.92 Å². The van der Waals surface area contributed by atoms with E-state index in [1.54, 1.807) is 7.05 Å². The summed E-state index contributed by atoms with van der Waals surface area (Å²) in [5, 5.41) is 3.44. The molecule has 1 heterocycles. The van der Waals surface area contributed by atoms with E-state index in [0.29, 0.717) is 17.7 Å². The predicted molar refractivity (Wildman–Crippen MR) is 73.7 cm³/mol. The highest BCUT2D eigenvalue weighted by Gasteiger charge is 2.32. The smallest absolute Gasteiger partial charge is 0.101 e. The fourth-order valence-corrected chi connectivity index (χ4v) is 2.61. The van der Waals surface area contributed by atoms with E-state index in [4.69, 9.17) is 11.5 Å². The van der Waals surface area contributed by atoms with Crippen LogP contribution in [0.25, 0.3) is 0 Å². The topological polar surface area (TPSA) is 76.4 Å². The van der Waals surface area contributed by atoms with E-state index >= 15 is 0 Å². The van der Waals surface area contributed by atoms with Crippen molar-refractivity contribution in [2.75, 3.05) is 20.1 Å². The highest BCUT2D eigenvalue weighted by atomic mass is 14.9. The first kappa shape index (κ1) is 14.0. The standard InChI is InChI=1S/C13H26N4/c1-8-5-6-17-7-11(8)12(13(15)16-4)9(2)10(3)14/h8,11-12,17H,5-7,14H2,1-4H3,(H2,15,16)/b10-9-. The van der Waals surface area contributed by atoms with Crippen LogP contribution in [0.15, 0.2) is 16.3 Å². The Hall–Kier alpha value is -1.03. The zero-order chi connectivity index (χ0) is 13.0. The number of nitrogens with zero attached hydrogens (tertiary/aromatic N) is 1. The Balaban J connectivity index is 3.02. The molecule has 0 amide bonds. The molecule has 1 aliphatic rings. The molecule has 1 saturated heterocycles. The van der Waals surface area contributed by atoms with Crippen molar-refractivity contribution in [2.45, 2.75) is 27.2 Å². The minimum Gasteiger partial charge on any atom is -0.402 e. The SMILES string of the molecule is C/N=C(/N)C(/C(C)=C(/C)N)C1CNCCC1C. The maximum absolute atomic E-state index is 6.08. The summed E-state index contributed by atoms with van der Waals surface area (Å²) in [6, 6.07) is 0. The molecule has 1 rings (SSSR count). The molecule has 0 radical (unpaired) electrons. The summed E-state index contributed by atoms with van der Waals surface area (Å²) in [6.45, 7) is 8.39. The van der Waals surface area contributed by atoms with Crippen LogP contribution >= 0.6 is 0 Å². The van der Waals surface area contributed by atoms with Gasteiger partial charge < -0.3 is 16.8 Å². The molecule has 0 aromatic carbocycles. The Labute approximate surface area is 105 Å². The molecule has 4 nitrogen and oxygen atoms in total. The summed E-state index contributed by atoms with van der Waals surface area (Å²) in [5.74, 6) is 2.02. The summed E-state index contributed by atoms with van der Waals surface area (Å²) in [7, 11) is 1.75. The van der Waals surface area contributed by atoms with Crippen LogP contribution in [0.5, 0.6) is 0 Å². The van der Waals surface area contributed by atoms with E-state index in [-0.39, 0.29) is 5.92 Å². The number of nitrogens with two attached hydrogens (primary N) is 2. The average molecular weight is 238 g/mol. The van der Waals surface area contributed by atoms with Crippen molar-refractivity contribution in [1.29, 1.82) is 0 Å². The van der Waals surface area contributed by atoms with Crippen LogP contribution in [0.4, 0.5) is 0 Å². The lowest BCUT2D eigenvalue weighted by atomic mass is 9.74. The summed E-state index contributed by atoms with van der Waals surface area (Å²) < 4.78 is 0. The molecule has 17 heavy (non-hydrogen) atoms. The maximum Gasteiger partial charge on any atom is 0.101 e. The molecule has 3 unspecified atom stereocenters. The van der Waals surface area contributed by atoms with Crippen LogP contribution in [0.1, 0.15) is 27.2 Å². The minimum atomic E-state index is 0.174. The number of nitrogens with one attached hydrogen (secondary N) is 1. The molecule has 0 saturated carbocycles. The van der Waals surface area contributed by atoms with Crippen LogP contribution in [-0.2, 0) is 0 Å². The largest absolute Gasteiger partial charge is 0.402 e. The molecule has 0 aliphatic carbocycles. The van der Waals surface area contributed by atoms with Gasteiger partial charge in [-0.15, -0.1) is 0 Å². The molecule has 5 N–H and O–H groups in total. The van der Waals surface area contributed by atoms with Crippen LogP contribution < -0.4 is 16.8 Å². The van der Waals surface area contributed by atoms with Gasteiger partial charge in [-0.25, -0.2) is 0 Å². The van der Waals surface area contributed by atoms with E-state index in [2.05, 4.69) is 24.2 Å². The van der Waals surface area contributed by atoms with Gasteiger partial charge in [0.25, 0.3) is 0 Å². The van der Waals surface area contributed by atoms with Crippen molar-refractivity contribution in [2.24, 2.45) is 34.2 Å². The highest BCUT2D eigenvalue weighted by molar-refractivity contribution is 5.85. The molecular formula is C13H26N4. The van der Waals surface area contributed by atoms with Gasteiger partial charge in [0.1, 0.15) is 5.84 Å². The van der Waals surface area contributed by atoms with Crippen molar-refractivity contribution in [1.82, 2.24) is 5.32 Å². The summed E-state index contributed by atoms with van der Waals surface area (Å²) >= 11 is 0. The molecule has 98 valence electrons. The average Bonchev–Trinajstić information content (AvgIpc) is 2.31. The van der Waals surface area contributed by atoms with Gasteiger partial charge in [0, 0.05) is 18.7 Å². The molecule has 0 aromatic heterocycles. The van der Waals surface area contributed by atoms with Gasteiger partial charge in [-0.3, -0.25) is 4.99 Å². The maximum atomic E-state index is 6.08. The molecule has 1 aliphatic heterocycles. The lowest BCUT2D eigenvalue weighted by Gasteiger charge is -2.36. The lowest BCUT2D eigenvalue weighted by molar-refractivity contribution is 0.243. The third kappa shape index (κ3) is 3.22. The highest BCUT2D eigenvalue weighted by Crippen LogP contribution is 2.31. The van der Waals surface area contributed by atoms with Crippen LogP contribution in [0.3, 0.4) is 0 Å². The summed E-state index contributed by atoms with van der Waals surface area (Å²) in [4.78, 5) is 4.18. The minimum absolute atomic E-state index is 0.174. The number of rotatable bonds is 3. The second-order valence-corrected chi connectivity index (χ2v) is 5.13. The Kier molecular flexibility index (Phi) is 5.00. The zero-order valence-corrected chi connectivity index (χ0v) is 11.5. The van der Waals surface area contributed by atoms with Crippen LogP contribution in [-0.4, -0.2) is 26.0 Å². The third-order valence-electron chi connectivity index (χ3n) is 3.98. The number of piperidine rings is 1. The Morgan fingerprint density at radius 3 is 2.47 bits per heavy atom. The summed E-state index contributed by atoms with van der Waals surface area (Å²) in [6.07, 6.45) is 1.19. The van der Waals surface area contributed by atoms with E-state index in [1.807, 2.05) is 6.92 Å². The van der Waals surface area contributed by atoms with Crippen molar-refractivity contribution < 1.29 is 0 Å². The number of aliphatic imine (C=N–C) groups is 1. The number of amidine groups is 1. The predicted octanol–water partition coefficient (Wildman–Crippen LogP) is 1.09. The molecule has 0 bridgehead atoms. The van der Waals surface area contributed by atoms with Crippen molar-refractivity contribution >= 4 is 5.84 Å².